The first-order chi connectivity index (χ1) is 9.11. The van der Waals surface area contributed by atoms with Gasteiger partial charge >= 0.3 is 5.97 Å². The Hall–Kier alpha value is -1.81. The Morgan fingerprint density at radius 1 is 1.37 bits per heavy atom. The van der Waals surface area contributed by atoms with E-state index in [2.05, 4.69) is 13.0 Å². The number of carbonyl (C=O) groups is 1. The van der Waals surface area contributed by atoms with E-state index in [9.17, 15) is 4.79 Å². The number of carboxylic acids is 1. The average molecular weight is 261 g/mol. The molecule has 0 aliphatic carbocycles. The minimum absolute atomic E-state index is 0.160. The topological polar surface area (TPSA) is 53.7 Å². The van der Waals surface area contributed by atoms with Crippen LogP contribution in [0.1, 0.15) is 24.7 Å². The van der Waals surface area contributed by atoms with Gasteiger partial charge in [0.2, 0.25) is 0 Å². The lowest BCUT2D eigenvalue weighted by atomic mass is 10.1. The van der Waals surface area contributed by atoms with Gasteiger partial charge in [-0.3, -0.25) is 4.79 Å². The van der Waals surface area contributed by atoms with Crippen molar-refractivity contribution in [2.75, 3.05) is 13.6 Å². The van der Waals surface area contributed by atoms with Gasteiger partial charge in [0.1, 0.15) is 11.3 Å². The highest BCUT2D eigenvalue weighted by Crippen LogP contribution is 2.27. The van der Waals surface area contributed by atoms with Crippen LogP contribution >= 0.6 is 0 Å². The van der Waals surface area contributed by atoms with Gasteiger partial charge in [-0.25, -0.2) is 0 Å². The van der Waals surface area contributed by atoms with Crippen LogP contribution in [-0.2, 0) is 17.8 Å². The first-order valence-electron chi connectivity index (χ1n) is 6.51. The summed E-state index contributed by atoms with van der Waals surface area (Å²) in [5.41, 5.74) is 2.08. The van der Waals surface area contributed by atoms with Crippen molar-refractivity contribution in [1.82, 2.24) is 4.90 Å². The van der Waals surface area contributed by atoms with Crippen molar-refractivity contribution in [2.45, 2.75) is 26.3 Å². The van der Waals surface area contributed by atoms with E-state index in [1.807, 2.05) is 30.1 Å². The maximum absolute atomic E-state index is 10.6. The fraction of sp³-hybridized carbons (Fsp3) is 0.400. The first-order valence-corrected chi connectivity index (χ1v) is 6.51. The van der Waals surface area contributed by atoms with E-state index in [0.717, 1.165) is 23.2 Å². The Kier molecular flexibility index (Phi) is 4.22. The molecule has 2 aromatic rings. The summed E-state index contributed by atoms with van der Waals surface area (Å²) < 4.78 is 5.83. The first kappa shape index (κ1) is 13.6. The second-order valence-corrected chi connectivity index (χ2v) is 4.74. The molecule has 1 N–H and O–H groups in total. The maximum atomic E-state index is 10.6. The summed E-state index contributed by atoms with van der Waals surface area (Å²) in [6.07, 6.45) is 1.00. The molecule has 1 aromatic heterocycles. The van der Waals surface area contributed by atoms with Gasteiger partial charge in [-0.15, -0.1) is 0 Å². The van der Waals surface area contributed by atoms with Gasteiger partial charge in [-0.2, -0.15) is 0 Å². The standard InChI is InChI=1S/C15H19NO3/c1-3-13-12(10-16(2)9-8-15(17)18)11-6-4-5-7-14(11)19-13/h4-7H,3,8-10H2,1-2H3,(H,17,18). The number of rotatable bonds is 6. The summed E-state index contributed by atoms with van der Waals surface area (Å²) in [4.78, 5) is 12.6. The highest BCUT2D eigenvalue weighted by atomic mass is 16.4. The van der Waals surface area contributed by atoms with Crippen LogP contribution in [0.15, 0.2) is 28.7 Å². The second kappa shape index (κ2) is 5.89. The average Bonchev–Trinajstić information content (AvgIpc) is 2.75. The fourth-order valence-electron chi connectivity index (χ4n) is 2.24. The Bertz CT molecular complexity index is 574. The lowest BCUT2D eigenvalue weighted by Crippen LogP contribution is -2.21. The molecule has 0 saturated carbocycles. The second-order valence-electron chi connectivity index (χ2n) is 4.74. The van der Waals surface area contributed by atoms with Crippen molar-refractivity contribution in [3.8, 4) is 0 Å². The predicted octanol–water partition coefficient (Wildman–Crippen LogP) is 2.90. The van der Waals surface area contributed by atoms with E-state index in [4.69, 9.17) is 9.52 Å². The smallest absolute Gasteiger partial charge is 0.304 e. The number of carboxylic acid groups (broad SMARTS) is 1. The minimum Gasteiger partial charge on any atom is -0.481 e. The number of furan rings is 1. The number of para-hydroxylation sites is 1. The number of aryl methyl sites for hydroxylation is 1. The van der Waals surface area contributed by atoms with Crippen LogP contribution in [0.5, 0.6) is 0 Å². The molecular formula is C15H19NO3. The molecule has 4 nitrogen and oxygen atoms in total. The minimum atomic E-state index is -0.764. The van der Waals surface area contributed by atoms with Crippen LogP contribution in [0.3, 0.4) is 0 Å². The van der Waals surface area contributed by atoms with E-state index in [1.54, 1.807) is 0 Å². The number of hydrogen-bond donors (Lipinski definition) is 1. The van der Waals surface area contributed by atoms with E-state index >= 15 is 0 Å². The number of hydrogen-bond acceptors (Lipinski definition) is 3. The van der Waals surface area contributed by atoms with Crippen molar-refractivity contribution in [1.29, 1.82) is 0 Å². The highest BCUT2D eigenvalue weighted by Gasteiger charge is 2.14. The molecule has 4 heteroatoms. The molecule has 0 atom stereocenters. The zero-order valence-corrected chi connectivity index (χ0v) is 11.3. The SMILES string of the molecule is CCc1oc2ccccc2c1CN(C)CCC(=O)O. The van der Waals surface area contributed by atoms with Gasteiger partial charge in [-0.05, 0) is 13.1 Å². The van der Waals surface area contributed by atoms with Gasteiger partial charge in [0.25, 0.3) is 0 Å². The van der Waals surface area contributed by atoms with Gasteiger partial charge in [0, 0.05) is 30.5 Å². The number of nitrogens with zero attached hydrogens (tertiary/aromatic N) is 1. The van der Waals surface area contributed by atoms with E-state index < -0.39 is 5.97 Å². The molecular weight excluding hydrogens is 242 g/mol. The van der Waals surface area contributed by atoms with Crippen molar-refractivity contribution < 1.29 is 14.3 Å². The molecule has 102 valence electrons. The van der Waals surface area contributed by atoms with E-state index in [-0.39, 0.29) is 6.42 Å². The molecule has 0 amide bonds. The van der Waals surface area contributed by atoms with E-state index in [1.165, 1.54) is 5.56 Å². The zero-order chi connectivity index (χ0) is 13.8. The molecule has 1 aromatic carbocycles. The molecule has 0 aliphatic rings. The molecule has 0 aliphatic heterocycles. The van der Waals surface area contributed by atoms with Gasteiger partial charge < -0.3 is 14.4 Å². The number of benzene rings is 1. The summed E-state index contributed by atoms with van der Waals surface area (Å²) in [7, 11) is 1.93. The number of aliphatic carboxylic acids is 1. The third-order valence-corrected chi connectivity index (χ3v) is 3.24. The van der Waals surface area contributed by atoms with Gasteiger partial charge in [0.05, 0.1) is 6.42 Å². The van der Waals surface area contributed by atoms with Crippen LogP contribution < -0.4 is 0 Å². The van der Waals surface area contributed by atoms with Crippen molar-refractivity contribution >= 4 is 16.9 Å². The Labute approximate surface area is 112 Å². The van der Waals surface area contributed by atoms with Crippen LogP contribution in [0, 0.1) is 0 Å². The molecule has 0 saturated heterocycles. The summed E-state index contributed by atoms with van der Waals surface area (Å²) in [6, 6.07) is 7.98. The molecule has 0 radical (unpaired) electrons. The highest BCUT2D eigenvalue weighted by molar-refractivity contribution is 5.82. The summed E-state index contributed by atoms with van der Waals surface area (Å²) in [5.74, 6) is 0.225. The summed E-state index contributed by atoms with van der Waals surface area (Å²) >= 11 is 0. The molecule has 0 bridgehead atoms. The summed E-state index contributed by atoms with van der Waals surface area (Å²) in [6.45, 7) is 3.32. The molecule has 19 heavy (non-hydrogen) atoms. The molecule has 0 spiro atoms. The summed E-state index contributed by atoms with van der Waals surface area (Å²) in [5, 5.41) is 9.84. The molecule has 2 rings (SSSR count). The Morgan fingerprint density at radius 2 is 2.11 bits per heavy atom. The molecule has 0 unspecified atom stereocenters. The third kappa shape index (κ3) is 3.15. The lowest BCUT2D eigenvalue weighted by molar-refractivity contribution is -0.137. The van der Waals surface area contributed by atoms with Crippen molar-refractivity contribution in [2.24, 2.45) is 0 Å². The Morgan fingerprint density at radius 3 is 2.79 bits per heavy atom. The fourth-order valence-corrected chi connectivity index (χ4v) is 2.24. The van der Waals surface area contributed by atoms with Gasteiger partial charge in [0.15, 0.2) is 0 Å². The predicted molar refractivity (Wildman–Crippen MR) is 74.2 cm³/mol. The largest absolute Gasteiger partial charge is 0.481 e. The van der Waals surface area contributed by atoms with E-state index in [0.29, 0.717) is 13.1 Å². The van der Waals surface area contributed by atoms with Crippen LogP contribution in [0.4, 0.5) is 0 Å². The monoisotopic (exact) mass is 261 g/mol. The van der Waals surface area contributed by atoms with Crippen LogP contribution in [0.25, 0.3) is 11.0 Å². The number of fused-ring (bicyclic) bond motifs is 1. The lowest BCUT2D eigenvalue weighted by Gasteiger charge is -2.15. The zero-order valence-electron chi connectivity index (χ0n) is 11.3. The third-order valence-electron chi connectivity index (χ3n) is 3.24. The maximum Gasteiger partial charge on any atom is 0.304 e. The Balaban J connectivity index is 2.21. The molecule has 1 heterocycles. The van der Waals surface area contributed by atoms with Crippen molar-refractivity contribution in [3.63, 3.8) is 0 Å². The van der Waals surface area contributed by atoms with Crippen LogP contribution in [0.2, 0.25) is 0 Å². The normalized spacial score (nSPS) is 11.3. The van der Waals surface area contributed by atoms with Gasteiger partial charge in [-0.1, -0.05) is 25.1 Å². The van der Waals surface area contributed by atoms with Crippen molar-refractivity contribution in [3.05, 3.63) is 35.6 Å². The molecule has 0 fully saturated rings. The van der Waals surface area contributed by atoms with Crippen LogP contribution in [-0.4, -0.2) is 29.6 Å². The quantitative estimate of drug-likeness (QED) is 0.868.